The number of hydrogen-bond donors (Lipinski definition) is 2. The van der Waals surface area contributed by atoms with E-state index in [0.717, 1.165) is 22.4 Å². The van der Waals surface area contributed by atoms with Crippen molar-refractivity contribution in [2.75, 3.05) is 19.0 Å². The molecule has 168 valence electrons. The van der Waals surface area contributed by atoms with Crippen LogP contribution in [0.4, 0.5) is 5.69 Å². The van der Waals surface area contributed by atoms with E-state index in [1.54, 1.807) is 19.2 Å². The number of benzene rings is 3. The summed E-state index contributed by atoms with van der Waals surface area (Å²) in [4.78, 5) is 30.0. The normalized spacial score (nSPS) is 10.7. The highest BCUT2D eigenvalue weighted by Gasteiger charge is 2.14. The van der Waals surface area contributed by atoms with Crippen molar-refractivity contribution in [3.63, 3.8) is 0 Å². The minimum Gasteiger partial charge on any atom is -0.497 e. The SMILES string of the molecule is COc1cccc(NC(=O)Cn2c(CCNC(=O)c3cccc(C)c3)nc3ccccc32)c1. The zero-order chi connectivity index (χ0) is 23.2. The number of imidazole rings is 1. The molecule has 2 N–H and O–H groups in total. The van der Waals surface area contributed by atoms with Gasteiger partial charge in [-0.2, -0.15) is 0 Å². The van der Waals surface area contributed by atoms with E-state index in [0.29, 0.717) is 30.0 Å². The molecule has 0 unspecified atom stereocenters. The molecule has 3 aromatic carbocycles. The van der Waals surface area contributed by atoms with E-state index >= 15 is 0 Å². The molecular formula is C26H26N4O3. The number of amides is 2. The third kappa shape index (κ3) is 5.38. The number of hydrogen-bond acceptors (Lipinski definition) is 4. The van der Waals surface area contributed by atoms with Gasteiger partial charge in [0.1, 0.15) is 18.1 Å². The van der Waals surface area contributed by atoms with E-state index in [4.69, 9.17) is 9.72 Å². The largest absolute Gasteiger partial charge is 0.497 e. The van der Waals surface area contributed by atoms with Crippen LogP contribution in [0.1, 0.15) is 21.7 Å². The number of aryl methyl sites for hydroxylation is 1. The molecule has 7 nitrogen and oxygen atoms in total. The average molecular weight is 443 g/mol. The Morgan fingerprint density at radius 2 is 1.82 bits per heavy atom. The fraction of sp³-hybridized carbons (Fsp3) is 0.192. The molecule has 0 fully saturated rings. The van der Waals surface area contributed by atoms with Gasteiger partial charge in [-0.15, -0.1) is 0 Å². The number of anilines is 1. The second kappa shape index (κ2) is 9.99. The number of fused-ring (bicyclic) bond motifs is 1. The van der Waals surface area contributed by atoms with Crippen LogP contribution in [0.2, 0.25) is 0 Å². The lowest BCUT2D eigenvalue weighted by atomic mass is 10.1. The number of carbonyl (C=O) groups excluding carboxylic acids is 2. The predicted molar refractivity (Wildman–Crippen MR) is 129 cm³/mol. The van der Waals surface area contributed by atoms with Gasteiger partial charge in [-0.05, 0) is 43.3 Å². The van der Waals surface area contributed by atoms with Crippen LogP contribution in [0.15, 0.2) is 72.8 Å². The molecule has 0 aliphatic rings. The Labute approximate surface area is 192 Å². The number of ether oxygens (including phenoxy) is 1. The molecule has 0 bridgehead atoms. The van der Waals surface area contributed by atoms with E-state index in [-0.39, 0.29) is 18.4 Å². The van der Waals surface area contributed by atoms with Crippen LogP contribution in [-0.4, -0.2) is 35.0 Å². The summed E-state index contributed by atoms with van der Waals surface area (Å²) in [6.07, 6.45) is 0.499. The Morgan fingerprint density at radius 3 is 2.64 bits per heavy atom. The highest BCUT2D eigenvalue weighted by atomic mass is 16.5. The summed E-state index contributed by atoms with van der Waals surface area (Å²) < 4.78 is 7.11. The van der Waals surface area contributed by atoms with Gasteiger partial charge in [0.25, 0.3) is 5.91 Å². The maximum absolute atomic E-state index is 12.8. The Kier molecular flexibility index (Phi) is 6.69. The first-order chi connectivity index (χ1) is 16.0. The molecule has 0 aliphatic heterocycles. The molecule has 7 heteroatoms. The monoisotopic (exact) mass is 442 g/mol. The highest BCUT2D eigenvalue weighted by molar-refractivity contribution is 5.94. The van der Waals surface area contributed by atoms with E-state index in [1.807, 2.05) is 72.2 Å². The van der Waals surface area contributed by atoms with Crippen molar-refractivity contribution in [2.24, 2.45) is 0 Å². The van der Waals surface area contributed by atoms with Gasteiger partial charge in [0.2, 0.25) is 5.91 Å². The second-order valence-corrected chi connectivity index (χ2v) is 7.76. The molecular weight excluding hydrogens is 416 g/mol. The van der Waals surface area contributed by atoms with E-state index in [2.05, 4.69) is 10.6 Å². The zero-order valence-corrected chi connectivity index (χ0v) is 18.7. The molecule has 33 heavy (non-hydrogen) atoms. The summed E-state index contributed by atoms with van der Waals surface area (Å²) in [5.74, 6) is 1.11. The van der Waals surface area contributed by atoms with Crippen LogP contribution in [-0.2, 0) is 17.8 Å². The number of aromatic nitrogens is 2. The fourth-order valence-electron chi connectivity index (χ4n) is 3.71. The summed E-state index contributed by atoms with van der Waals surface area (Å²) in [5.41, 5.74) is 4.01. The molecule has 4 rings (SSSR count). The average Bonchev–Trinajstić information content (AvgIpc) is 3.16. The summed E-state index contributed by atoms with van der Waals surface area (Å²) in [7, 11) is 1.59. The van der Waals surface area contributed by atoms with Crippen molar-refractivity contribution >= 4 is 28.5 Å². The van der Waals surface area contributed by atoms with E-state index in [9.17, 15) is 9.59 Å². The van der Waals surface area contributed by atoms with Crippen molar-refractivity contribution < 1.29 is 14.3 Å². The topological polar surface area (TPSA) is 85.2 Å². The first-order valence-electron chi connectivity index (χ1n) is 10.8. The number of methoxy groups -OCH3 is 1. The summed E-state index contributed by atoms with van der Waals surface area (Å²) in [6.45, 7) is 2.47. The standard InChI is InChI=1S/C26H26N4O3/c1-18-7-5-8-19(15-18)26(32)27-14-13-24-29-22-11-3-4-12-23(22)30(24)17-25(31)28-20-9-6-10-21(16-20)33-2/h3-12,15-16H,13-14,17H2,1-2H3,(H,27,32)(H,28,31). The third-order valence-corrected chi connectivity index (χ3v) is 5.30. The van der Waals surface area contributed by atoms with Crippen molar-refractivity contribution in [3.8, 4) is 5.75 Å². The molecule has 0 saturated heterocycles. The number of para-hydroxylation sites is 2. The van der Waals surface area contributed by atoms with Crippen LogP contribution in [0.3, 0.4) is 0 Å². The van der Waals surface area contributed by atoms with Gasteiger partial charge in [-0.3, -0.25) is 9.59 Å². The summed E-state index contributed by atoms with van der Waals surface area (Å²) in [5, 5.41) is 5.86. The predicted octanol–water partition coefficient (Wildman–Crippen LogP) is 3.96. The molecule has 0 radical (unpaired) electrons. The van der Waals surface area contributed by atoms with Gasteiger partial charge >= 0.3 is 0 Å². The molecule has 0 atom stereocenters. The number of nitrogens with one attached hydrogen (secondary N) is 2. The molecule has 2 amide bonds. The minimum absolute atomic E-state index is 0.110. The smallest absolute Gasteiger partial charge is 0.251 e. The van der Waals surface area contributed by atoms with Gasteiger partial charge in [-0.25, -0.2) is 4.98 Å². The Hall–Kier alpha value is -4.13. The molecule has 4 aromatic rings. The lowest BCUT2D eigenvalue weighted by Gasteiger charge is -2.11. The zero-order valence-electron chi connectivity index (χ0n) is 18.7. The summed E-state index contributed by atoms with van der Waals surface area (Å²) >= 11 is 0. The van der Waals surface area contributed by atoms with Crippen molar-refractivity contribution in [1.29, 1.82) is 0 Å². The first-order valence-corrected chi connectivity index (χ1v) is 10.8. The Bertz CT molecular complexity index is 1300. The van der Waals surface area contributed by atoms with Crippen LogP contribution in [0, 0.1) is 6.92 Å². The number of carbonyl (C=O) groups is 2. The molecule has 0 aliphatic carbocycles. The maximum Gasteiger partial charge on any atom is 0.251 e. The number of rotatable bonds is 8. The quantitative estimate of drug-likeness (QED) is 0.433. The molecule has 0 spiro atoms. The van der Waals surface area contributed by atoms with Crippen molar-refractivity contribution in [2.45, 2.75) is 19.9 Å². The van der Waals surface area contributed by atoms with Crippen LogP contribution in [0.25, 0.3) is 11.0 Å². The van der Waals surface area contributed by atoms with Crippen LogP contribution in [0.5, 0.6) is 5.75 Å². The lowest BCUT2D eigenvalue weighted by Crippen LogP contribution is -2.27. The maximum atomic E-state index is 12.8. The lowest BCUT2D eigenvalue weighted by molar-refractivity contribution is -0.116. The number of nitrogens with zero attached hydrogens (tertiary/aromatic N) is 2. The molecule has 1 aromatic heterocycles. The Morgan fingerprint density at radius 1 is 1.00 bits per heavy atom. The van der Waals surface area contributed by atoms with Gasteiger partial charge in [0, 0.05) is 30.3 Å². The van der Waals surface area contributed by atoms with E-state index in [1.165, 1.54) is 0 Å². The first kappa shape index (κ1) is 22.1. The van der Waals surface area contributed by atoms with E-state index < -0.39 is 0 Å². The van der Waals surface area contributed by atoms with Gasteiger partial charge in [-0.1, -0.05) is 35.9 Å². The van der Waals surface area contributed by atoms with Gasteiger partial charge < -0.3 is 19.9 Å². The Balaban J connectivity index is 1.47. The minimum atomic E-state index is -0.170. The summed E-state index contributed by atoms with van der Waals surface area (Å²) in [6, 6.07) is 22.4. The van der Waals surface area contributed by atoms with Crippen LogP contribution < -0.4 is 15.4 Å². The third-order valence-electron chi connectivity index (χ3n) is 5.30. The van der Waals surface area contributed by atoms with Gasteiger partial charge in [0.15, 0.2) is 0 Å². The second-order valence-electron chi connectivity index (χ2n) is 7.76. The molecule has 0 saturated carbocycles. The highest BCUT2D eigenvalue weighted by Crippen LogP contribution is 2.19. The van der Waals surface area contributed by atoms with Gasteiger partial charge in [0.05, 0.1) is 18.1 Å². The van der Waals surface area contributed by atoms with Crippen molar-refractivity contribution in [3.05, 3.63) is 89.7 Å². The van der Waals surface area contributed by atoms with Crippen molar-refractivity contribution in [1.82, 2.24) is 14.9 Å². The van der Waals surface area contributed by atoms with Crippen LogP contribution >= 0.6 is 0 Å². The fourth-order valence-corrected chi connectivity index (χ4v) is 3.71. The molecule has 1 heterocycles.